The number of nitro benzene ring substituents is 1. The van der Waals surface area contributed by atoms with Crippen LogP contribution in [-0.4, -0.2) is 15.4 Å². The summed E-state index contributed by atoms with van der Waals surface area (Å²) >= 11 is 1.30. The minimum atomic E-state index is -0.548. The first-order valence-corrected chi connectivity index (χ1v) is 7.42. The van der Waals surface area contributed by atoms with Crippen LogP contribution in [0.3, 0.4) is 0 Å². The summed E-state index contributed by atoms with van der Waals surface area (Å²) < 4.78 is 2.65. The van der Waals surface area contributed by atoms with Crippen LogP contribution in [0.1, 0.15) is 27.7 Å². The minimum Gasteiger partial charge on any atom is -0.317 e. The SMILES string of the molecule is CCn1c(=NC(=O)C(C)(C)C)sc2cc([N+](=O)[O-])ccc21. The van der Waals surface area contributed by atoms with Gasteiger partial charge < -0.3 is 4.57 Å². The first-order valence-electron chi connectivity index (χ1n) is 6.61. The molecule has 0 aliphatic carbocycles. The number of fused-ring (bicyclic) bond motifs is 1. The fraction of sp³-hybridized carbons (Fsp3) is 0.429. The van der Waals surface area contributed by atoms with Crippen LogP contribution in [0.4, 0.5) is 5.69 Å². The molecule has 1 aromatic carbocycles. The van der Waals surface area contributed by atoms with Gasteiger partial charge in [0.2, 0.25) is 0 Å². The molecule has 1 heterocycles. The normalized spacial score (nSPS) is 12.9. The van der Waals surface area contributed by atoms with Gasteiger partial charge in [-0.15, -0.1) is 0 Å². The van der Waals surface area contributed by atoms with E-state index in [1.165, 1.54) is 23.5 Å². The molecule has 0 aliphatic rings. The molecule has 2 rings (SSSR count). The number of benzene rings is 1. The third kappa shape index (κ3) is 3.02. The van der Waals surface area contributed by atoms with E-state index in [9.17, 15) is 14.9 Å². The van der Waals surface area contributed by atoms with Crippen LogP contribution in [0.2, 0.25) is 0 Å². The first-order chi connectivity index (χ1) is 9.74. The van der Waals surface area contributed by atoms with E-state index in [0.29, 0.717) is 11.3 Å². The highest BCUT2D eigenvalue weighted by molar-refractivity contribution is 7.16. The Balaban J connectivity index is 2.67. The lowest BCUT2D eigenvalue weighted by atomic mass is 9.96. The van der Waals surface area contributed by atoms with Gasteiger partial charge in [0.1, 0.15) is 0 Å². The summed E-state index contributed by atoms with van der Waals surface area (Å²) in [6, 6.07) is 4.69. The van der Waals surface area contributed by atoms with Gasteiger partial charge in [0.15, 0.2) is 4.80 Å². The molecule has 0 unspecified atom stereocenters. The van der Waals surface area contributed by atoms with Gasteiger partial charge in [-0.25, -0.2) is 0 Å². The predicted octanol–water partition coefficient (Wildman–Crippen LogP) is 3.10. The van der Waals surface area contributed by atoms with Gasteiger partial charge in [0.05, 0.1) is 15.1 Å². The van der Waals surface area contributed by atoms with Gasteiger partial charge in [0.25, 0.3) is 11.6 Å². The molecule has 6 nitrogen and oxygen atoms in total. The number of non-ortho nitro benzene ring substituents is 1. The molecule has 1 amide bonds. The molecule has 0 saturated heterocycles. The largest absolute Gasteiger partial charge is 0.317 e. The summed E-state index contributed by atoms with van der Waals surface area (Å²) in [5.74, 6) is -0.203. The highest BCUT2D eigenvalue weighted by atomic mass is 32.1. The maximum Gasteiger partial charge on any atom is 0.270 e. The number of carbonyl (C=O) groups is 1. The van der Waals surface area contributed by atoms with E-state index in [1.54, 1.807) is 6.07 Å². The summed E-state index contributed by atoms with van der Waals surface area (Å²) in [6.45, 7) is 8.04. The Morgan fingerprint density at radius 1 is 1.43 bits per heavy atom. The fourth-order valence-corrected chi connectivity index (χ4v) is 2.95. The van der Waals surface area contributed by atoms with Crippen LogP contribution in [0.25, 0.3) is 10.2 Å². The van der Waals surface area contributed by atoms with Crippen molar-refractivity contribution < 1.29 is 9.72 Å². The van der Waals surface area contributed by atoms with Crippen molar-refractivity contribution in [1.82, 2.24) is 4.57 Å². The molecule has 0 atom stereocenters. The molecule has 7 heteroatoms. The number of hydrogen-bond acceptors (Lipinski definition) is 4. The molecule has 0 saturated carbocycles. The topological polar surface area (TPSA) is 77.5 Å². The zero-order valence-electron chi connectivity index (χ0n) is 12.4. The predicted molar refractivity (Wildman–Crippen MR) is 82.2 cm³/mol. The number of aryl methyl sites for hydroxylation is 1. The number of thiazole rings is 1. The first kappa shape index (κ1) is 15.4. The average Bonchev–Trinajstić information content (AvgIpc) is 2.73. The summed E-state index contributed by atoms with van der Waals surface area (Å²) in [6.07, 6.45) is 0. The molecule has 0 N–H and O–H groups in total. The van der Waals surface area contributed by atoms with Gasteiger partial charge in [0, 0.05) is 24.1 Å². The summed E-state index contributed by atoms with van der Waals surface area (Å²) in [4.78, 5) is 27.3. The lowest BCUT2D eigenvalue weighted by molar-refractivity contribution is -0.384. The maximum atomic E-state index is 12.1. The van der Waals surface area contributed by atoms with Crippen LogP contribution in [0, 0.1) is 15.5 Å². The van der Waals surface area contributed by atoms with Crippen molar-refractivity contribution in [3.05, 3.63) is 33.1 Å². The highest BCUT2D eigenvalue weighted by Crippen LogP contribution is 2.23. The molecule has 2 aromatic rings. The van der Waals surface area contributed by atoms with Crippen LogP contribution in [0.5, 0.6) is 0 Å². The van der Waals surface area contributed by atoms with Crippen LogP contribution >= 0.6 is 11.3 Å². The van der Waals surface area contributed by atoms with Crippen molar-refractivity contribution in [2.45, 2.75) is 34.2 Å². The van der Waals surface area contributed by atoms with Gasteiger partial charge in [-0.2, -0.15) is 4.99 Å². The summed E-state index contributed by atoms with van der Waals surface area (Å²) in [7, 11) is 0. The number of nitrogens with zero attached hydrogens (tertiary/aromatic N) is 3. The molecule has 0 bridgehead atoms. The average molecular weight is 307 g/mol. The quantitative estimate of drug-likeness (QED) is 0.631. The molecule has 0 spiro atoms. The van der Waals surface area contributed by atoms with Crippen molar-refractivity contribution in [3.63, 3.8) is 0 Å². The molecular weight excluding hydrogens is 290 g/mol. The minimum absolute atomic E-state index is 0.0423. The molecule has 21 heavy (non-hydrogen) atoms. The van der Waals surface area contributed by atoms with Crippen molar-refractivity contribution in [2.75, 3.05) is 0 Å². The molecular formula is C14H17N3O3S. The van der Waals surface area contributed by atoms with Crippen LogP contribution < -0.4 is 4.80 Å². The number of carbonyl (C=O) groups excluding carboxylic acids is 1. The zero-order valence-corrected chi connectivity index (χ0v) is 13.2. The van der Waals surface area contributed by atoms with E-state index in [2.05, 4.69) is 4.99 Å². The van der Waals surface area contributed by atoms with E-state index >= 15 is 0 Å². The van der Waals surface area contributed by atoms with Crippen molar-refractivity contribution in [3.8, 4) is 0 Å². The Hall–Kier alpha value is -2.02. The summed E-state index contributed by atoms with van der Waals surface area (Å²) in [5, 5.41) is 10.8. The Morgan fingerprint density at radius 2 is 2.10 bits per heavy atom. The van der Waals surface area contributed by atoms with E-state index in [-0.39, 0.29) is 11.6 Å². The Labute approximate surface area is 125 Å². The molecule has 112 valence electrons. The highest BCUT2D eigenvalue weighted by Gasteiger charge is 2.21. The van der Waals surface area contributed by atoms with Crippen molar-refractivity contribution in [2.24, 2.45) is 10.4 Å². The summed E-state index contributed by atoms with van der Waals surface area (Å²) in [5.41, 5.74) is 0.350. The van der Waals surface area contributed by atoms with E-state index in [1.807, 2.05) is 32.3 Å². The second kappa shape index (κ2) is 5.40. The lowest BCUT2D eigenvalue weighted by Gasteiger charge is -2.11. The standard InChI is InChI=1S/C14H17N3O3S/c1-5-16-10-7-6-9(17(19)20)8-11(10)21-13(16)15-12(18)14(2,3)4/h6-8H,5H2,1-4H3. The van der Waals surface area contributed by atoms with Crippen LogP contribution in [-0.2, 0) is 11.3 Å². The van der Waals surface area contributed by atoms with Crippen LogP contribution in [0.15, 0.2) is 23.2 Å². The number of hydrogen-bond donors (Lipinski definition) is 0. The smallest absolute Gasteiger partial charge is 0.270 e. The second-order valence-corrected chi connectivity index (χ2v) is 6.71. The third-order valence-corrected chi connectivity index (χ3v) is 4.07. The second-order valence-electron chi connectivity index (χ2n) is 5.70. The number of nitro groups is 1. The van der Waals surface area contributed by atoms with E-state index < -0.39 is 10.3 Å². The maximum absolute atomic E-state index is 12.1. The van der Waals surface area contributed by atoms with Gasteiger partial charge in [-0.1, -0.05) is 32.1 Å². The molecule has 0 aliphatic heterocycles. The Kier molecular flexibility index (Phi) is 3.95. The fourth-order valence-electron chi connectivity index (χ4n) is 1.82. The monoisotopic (exact) mass is 307 g/mol. The molecule has 0 radical (unpaired) electrons. The van der Waals surface area contributed by atoms with E-state index in [4.69, 9.17) is 0 Å². The molecule has 0 fully saturated rings. The van der Waals surface area contributed by atoms with Gasteiger partial charge in [-0.05, 0) is 13.0 Å². The Morgan fingerprint density at radius 3 is 2.62 bits per heavy atom. The van der Waals surface area contributed by atoms with Gasteiger partial charge >= 0.3 is 0 Å². The van der Waals surface area contributed by atoms with E-state index in [0.717, 1.165) is 10.2 Å². The third-order valence-electron chi connectivity index (χ3n) is 3.03. The number of amides is 1. The Bertz CT molecular complexity index is 781. The molecule has 1 aromatic heterocycles. The number of aromatic nitrogens is 1. The lowest BCUT2D eigenvalue weighted by Crippen LogP contribution is -2.23. The van der Waals surface area contributed by atoms with Crippen molar-refractivity contribution >= 4 is 33.1 Å². The van der Waals surface area contributed by atoms with Crippen molar-refractivity contribution in [1.29, 1.82) is 0 Å². The number of rotatable bonds is 2. The van der Waals surface area contributed by atoms with Gasteiger partial charge in [-0.3, -0.25) is 14.9 Å². The zero-order chi connectivity index (χ0) is 15.8.